The molecule has 0 bridgehead atoms. The molecule has 23 heavy (non-hydrogen) atoms. The minimum Gasteiger partial charge on any atom is -0.444 e. The minimum atomic E-state index is -1.71. The van der Waals surface area contributed by atoms with Crippen LogP contribution in [-0.2, 0) is 9.16 Å². The summed E-state index contributed by atoms with van der Waals surface area (Å²) >= 11 is 0. The van der Waals surface area contributed by atoms with Gasteiger partial charge >= 0.3 is 6.09 Å². The Morgan fingerprint density at radius 3 is 2.30 bits per heavy atom. The first-order valence-corrected chi connectivity index (χ1v) is 11.6. The number of alkyl carbamates (subject to hydrolysis) is 1. The lowest BCUT2D eigenvalue weighted by Gasteiger charge is -2.38. The van der Waals surface area contributed by atoms with Crippen LogP contribution in [0.2, 0.25) is 18.1 Å². The average molecular weight is 345 g/mol. The number of amides is 1. The van der Waals surface area contributed by atoms with Crippen LogP contribution < -0.4 is 10.6 Å². The highest BCUT2D eigenvalue weighted by molar-refractivity contribution is 6.74. The van der Waals surface area contributed by atoms with Gasteiger partial charge in [-0.05, 0) is 51.2 Å². The first kappa shape index (κ1) is 20.5. The van der Waals surface area contributed by atoms with Crippen molar-refractivity contribution in [2.45, 2.75) is 77.7 Å². The molecule has 0 saturated carbocycles. The van der Waals surface area contributed by atoms with Gasteiger partial charge in [-0.25, -0.2) is 4.79 Å². The SMILES string of the molecule is CC(C)(C)OC(=O)N[C@H]1CNC[C@@H](CO[Si](C)(C)C(C)(C)C)C1. The fraction of sp³-hybridized carbons (Fsp3) is 0.941. The van der Waals surface area contributed by atoms with Gasteiger partial charge < -0.3 is 19.8 Å². The van der Waals surface area contributed by atoms with E-state index >= 15 is 0 Å². The maximum absolute atomic E-state index is 11.9. The lowest BCUT2D eigenvalue weighted by Crippen LogP contribution is -2.51. The lowest BCUT2D eigenvalue weighted by molar-refractivity contribution is 0.0483. The van der Waals surface area contributed by atoms with E-state index in [1.54, 1.807) is 0 Å². The molecule has 6 heteroatoms. The summed E-state index contributed by atoms with van der Waals surface area (Å²) in [7, 11) is -1.71. The molecule has 1 aliphatic heterocycles. The van der Waals surface area contributed by atoms with E-state index in [1.165, 1.54) is 0 Å². The van der Waals surface area contributed by atoms with Crippen molar-refractivity contribution >= 4 is 14.4 Å². The van der Waals surface area contributed by atoms with Gasteiger partial charge in [0.15, 0.2) is 8.32 Å². The summed E-state index contributed by atoms with van der Waals surface area (Å²) in [5, 5.41) is 6.58. The van der Waals surface area contributed by atoms with Crippen LogP contribution in [0, 0.1) is 5.92 Å². The van der Waals surface area contributed by atoms with Gasteiger partial charge in [0.05, 0.1) is 0 Å². The van der Waals surface area contributed by atoms with Crippen LogP contribution >= 0.6 is 0 Å². The van der Waals surface area contributed by atoms with Crippen LogP contribution in [0.4, 0.5) is 4.79 Å². The van der Waals surface area contributed by atoms with Gasteiger partial charge in [0.1, 0.15) is 5.60 Å². The molecule has 0 aromatic carbocycles. The highest BCUT2D eigenvalue weighted by Gasteiger charge is 2.38. The molecule has 0 aromatic rings. The summed E-state index contributed by atoms with van der Waals surface area (Å²) < 4.78 is 11.7. The van der Waals surface area contributed by atoms with E-state index in [2.05, 4.69) is 44.5 Å². The van der Waals surface area contributed by atoms with Crippen molar-refractivity contribution in [3.8, 4) is 0 Å². The number of piperidine rings is 1. The summed E-state index contributed by atoms with van der Waals surface area (Å²) in [5.74, 6) is 0.429. The summed E-state index contributed by atoms with van der Waals surface area (Å²) in [5.41, 5.74) is -0.461. The molecule has 1 rings (SSSR count). The van der Waals surface area contributed by atoms with Crippen LogP contribution in [0.25, 0.3) is 0 Å². The summed E-state index contributed by atoms with van der Waals surface area (Å²) in [4.78, 5) is 11.9. The fourth-order valence-corrected chi connectivity index (χ4v) is 3.37. The van der Waals surface area contributed by atoms with Crippen molar-refractivity contribution in [3.63, 3.8) is 0 Å². The maximum atomic E-state index is 11.9. The molecule has 1 fully saturated rings. The molecule has 1 aliphatic rings. The van der Waals surface area contributed by atoms with Crippen molar-refractivity contribution < 1.29 is 14.0 Å². The topological polar surface area (TPSA) is 59.6 Å². The van der Waals surface area contributed by atoms with Crippen LogP contribution in [0.15, 0.2) is 0 Å². The van der Waals surface area contributed by atoms with Crippen LogP contribution in [0.1, 0.15) is 48.0 Å². The van der Waals surface area contributed by atoms with Gasteiger partial charge in [-0.2, -0.15) is 0 Å². The lowest BCUT2D eigenvalue weighted by atomic mass is 9.97. The molecule has 5 nitrogen and oxygen atoms in total. The zero-order valence-corrected chi connectivity index (χ0v) is 17.2. The quantitative estimate of drug-likeness (QED) is 0.766. The van der Waals surface area contributed by atoms with E-state index < -0.39 is 13.9 Å². The monoisotopic (exact) mass is 344 g/mol. The molecule has 1 heterocycles. The van der Waals surface area contributed by atoms with Crippen molar-refractivity contribution in [3.05, 3.63) is 0 Å². The molecule has 136 valence electrons. The summed E-state index contributed by atoms with van der Waals surface area (Å²) in [6.45, 7) is 19.4. The first-order valence-electron chi connectivity index (χ1n) is 8.64. The number of nitrogens with one attached hydrogen (secondary N) is 2. The van der Waals surface area contributed by atoms with E-state index in [0.717, 1.165) is 26.1 Å². The van der Waals surface area contributed by atoms with Crippen LogP contribution in [0.5, 0.6) is 0 Å². The molecule has 1 amide bonds. The molecule has 1 saturated heterocycles. The van der Waals surface area contributed by atoms with Gasteiger partial charge in [-0.15, -0.1) is 0 Å². The predicted octanol–water partition coefficient (Wildman–Crippen LogP) is 3.51. The van der Waals surface area contributed by atoms with E-state index in [-0.39, 0.29) is 17.2 Å². The first-order chi connectivity index (χ1) is 10.3. The van der Waals surface area contributed by atoms with Gasteiger partial charge in [-0.3, -0.25) is 0 Å². The molecule has 2 atom stereocenters. The van der Waals surface area contributed by atoms with Crippen molar-refractivity contribution in [2.75, 3.05) is 19.7 Å². The number of carbonyl (C=O) groups excluding carboxylic acids is 1. The number of rotatable bonds is 4. The molecule has 0 aromatic heterocycles. The molecule has 2 N–H and O–H groups in total. The number of hydrogen-bond acceptors (Lipinski definition) is 4. The van der Waals surface area contributed by atoms with Gasteiger partial charge in [-0.1, -0.05) is 20.8 Å². The Kier molecular flexibility index (Phi) is 6.70. The number of ether oxygens (including phenoxy) is 1. The molecule has 0 spiro atoms. The molecule has 0 aliphatic carbocycles. The normalized spacial score (nSPS) is 23.5. The Balaban J connectivity index is 2.45. The minimum absolute atomic E-state index is 0.103. The Morgan fingerprint density at radius 2 is 1.78 bits per heavy atom. The second-order valence-electron chi connectivity index (χ2n) is 9.17. The zero-order valence-electron chi connectivity index (χ0n) is 16.2. The summed E-state index contributed by atoms with van der Waals surface area (Å²) in [6.07, 6.45) is 0.594. The molecular formula is C17H36N2O3Si. The molecule has 0 unspecified atom stereocenters. The fourth-order valence-electron chi connectivity index (χ4n) is 2.28. The second kappa shape index (κ2) is 7.53. The highest BCUT2D eigenvalue weighted by Crippen LogP contribution is 2.37. The van der Waals surface area contributed by atoms with E-state index in [1.807, 2.05) is 20.8 Å². The van der Waals surface area contributed by atoms with Gasteiger partial charge in [0, 0.05) is 25.7 Å². The van der Waals surface area contributed by atoms with Crippen molar-refractivity contribution in [1.82, 2.24) is 10.6 Å². The Hall–Kier alpha value is -0.593. The van der Waals surface area contributed by atoms with Crippen molar-refractivity contribution in [1.29, 1.82) is 0 Å². The third-order valence-corrected chi connectivity index (χ3v) is 9.15. The van der Waals surface area contributed by atoms with Crippen molar-refractivity contribution in [2.24, 2.45) is 5.92 Å². The Bertz CT molecular complexity index is 400. The van der Waals surface area contributed by atoms with E-state index in [9.17, 15) is 4.79 Å². The third kappa shape index (κ3) is 7.22. The molecule has 0 radical (unpaired) electrons. The second-order valence-corrected chi connectivity index (χ2v) is 14.0. The largest absolute Gasteiger partial charge is 0.444 e. The standard InChI is InChI=1S/C17H36N2O3Si/c1-16(2,3)22-15(20)19-14-9-13(10-18-11-14)12-21-23(7,8)17(4,5)6/h13-14,18H,9-12H2,1-8H3,(H,19,20)/t13-,14+/m0/s1. The van der Waals surface area contributed by atoms with E-state index in [4.69, 9.17) is 9.16 Å². The maximum Gasteiger partial charge on any atom is 0.407 e. The number of carbonyl (C=O) groups is 1. The Morgan fingerprint density at radius 1 is 1.17 bits per heavy atom. The summed E-state index contributed by atoms with van der Waals surface area (Å²) in [6, 6.07) is 0.103. The third-order valence-electron chi connectivity index (χ3n) is 4.65. The number of hydrogen-bond donors (Lipinski definition) is 2. The molecular weight excluding hydrogens is 308 g/mol. The highest BCUT2D eigenvalue weighted by atomic mass is 28.4. The Labute approximate surface area is 143 Å². The van der Waals surface area contributed by atoms with E-state index in [0.29, 0.717) is 5.92 Å². The zero-order chi connectivity index (χ0) is 17.9. The smallest absolute Gasteiger partial charge is 0.407 e. The van der Waals surface area contributed by atoms with Crippen LogP contribution in [0.3, 0.4) is 0 Å². The van der Waals surface area contributed by atoms with Crippen LogP contribution in [-0.4, -0.2) is 45.7 Å². The average Bonchev–Trinajstić information content (AvgIpc) is 2.33. The predicted molar refractivity (Wildman–Crippen MR) is 97.3 cm³/mol. The van der Waals surface area contributed by atoms with Gasteiger partial charge in [0.2, 0.25) is 0 Å². The van der Waals surface area contributed by atoms with Gasteiger partial charge in [0.25, 0.3) is 0 Å².